The van der Waals surface area contributed by atoms with Crippen molar-refractivity contribution in [2.75, 3.05) is 14.2 Å². The molecule has 0 saturated carbocycles. The molecule has 0 saturated heterocycles. The van der Waals surface area contributed by atoms with E-state index in [0.717, 1.165) is 14.2 Å². The Balaban J connectivity index is -0.0000000000207. The van der Waals surface area contributed by atoms with E-state index >= 15 is 0 Å². The first-order valence-corrected chi connectivity index (χ1v) is 0.894. The fourth-order valence-corrected chi connectivity index (χ4v) is 0. The van der Waals surface area contributed by atoms with Gasteiger partial charge in [0.1, 0.15) is 0 Å². The minimum absolute atomic E-state index is 0. The molecule has 0 bridgehead atoms. The number of aliphatic hydroxyl groups excluding tert-OH is 2. The third-order valence-corrected chi connectivity index (χ3v) is 0. The Morgan fingerprint density at radius 1 is 0.0851 bits per heavy atom. The molecular weight excluding hydrogens is 1040 g/mol. The quantitative estimate of drug-likeness (QED) is 0.237. The van der Waals surface area contributed by atoms with E-state index in [9.17, 15) is 0 Å². The molecule has 0 aliphatic carbocycles. The van der Waals surface area contributed by atoms with Gasteiger partial charge in [0.2, 0.25) is 0 Å². The van der Waals surface area contributed by atoms with E-state index in [1.165, 1.54) is 0 Å². The fraction of sp³-hybridized carbons (Fsp3) is 1.00. The molecule has 0 aromatic rings. The summed E-state index contributed by atoms with van der Waals surface area (Å²) in [7, 11) is 2.00. The summed E-state index contributed by atoms with van der Waals surface area (Å²) in [6.07, 6.45) is 0. The summed E-state index contributed by atoms with van der Waals surface area (Å²) in [6.45, 7) is 0. The van der Waals surface area contributed by atoms with Gasteiger partial charge in [0.15, 0.2) is 0 Å². The maximum absolute atomic E-state index is 7.00. The Morgan fingerprint density at radius 2 is 0.0851 bits per heavy atom. The molecular formula is C2H51Na43O2. The Hall–Kier alpha value is 42.9. The standard InChI is InChI=1S/2CH4O.43Na.43H/c2*1-2;;;;;;;;;;;;;;;;;;;;;;;;;;;;;;;;;;;;;;;;;;;;;;;;;;;;;;;;;;;;;;;;;;;;;;;;;;;;;;;;;;;;;;/h2*2H,1H3;;;;;;;;;;;;;;;;;;;;;;;;;;;;;;;;;;;;;;;;;;;;;;;;;;;;;;;;;;;;;;;;;;;;;;;;;;;;;;;;;;;;;;. The molecule has 0 aliphatic heterocycles. The first-order valence-electron chi connectivity index (χ1n) is 0.894. The second-order valence-electron chi connectivity index (χ2n) is 0. The molecule has 0 rings (SSSR count). The molecule has 0 heterocycles. The first-order chi connectivity index (χ1) is 2.00. The molecule has 114 valence electrons. The second kappa shape index (κ2) is 373. The van der Waals surface area contributed by atoms with Crippen LogP contribution in [0.15, 0.2) is 0 Å². The first kappa shape index (κ1) is 352. The Kier molecular flexibility index (Phi) is 2800. The van der Waals surface area contributed by atoms with Gasteiger partial charge in [-0.25, -0.2) is 0 Å². The van der Waals surface area contributed by atoms with Crippen molar-refractivity contribution in [3.8, 4) is 0 Å². The molecule has 0 radical (unpaired) electrons. The molecule has 0 aliphatic rings. The van der Waals surface area contributed by atoms with Crippen LogP contribution >= 0.6 is 0 Å². The number of rotatable bonds is 0. The predicted molar refractivity (Wildman–Crippen MR) is 324 cm³/mol. The van der Waals surface area contributed by atoms with Crippen molar-refractivity contribution in [3.63, 3.8) is 0 Å². The summed E-state index contributed by atoms with van der Waals surface area (Å²) in [6, 6.07) is 0. The summed E-state index contributed by atoms with van der Waals surface area (Å²) in [5.41, 5.74) is 0. The average molecular weight is 1100 g/mol. The summed E-state index contributed by atoms with van der Waals surface area (Å²) in [4.78, 5) is 0. The van der Waals surface area contributed by atoms with Crippen LogP contribution in [0.1, 0.15) is 0 Å². The minimum atomic E-state index is 0. The van der Waals surface area contributed by atoms with E-state index in [0.29, 0.717) is 0 Å². The van der Waals surface area contributed by atoms with Gasteiger partial charge in [-0.2, -0.15) is 0 Å². The zero-order valence-electron chi connectivity index (χ0n) is 2.89. The van der Waals surface area contributed by atoms with Crippen molar-refractivity contribution in [2.45, 2.75) is 0 Å². The number of hydrogen-bond acceptors (Lipinski definition) is 2. The average Bonchev–Trinajstić information content (AvgIpc) is 1.50. The van der Waals surface area contributed by atoms with Crippen LogP contribution in [0.4, 0.5) is 0 Å². The summed E-state index contributed by atoms with van der Waals surface area (Å²) >= 11 is 0. The van der Waals surface area contributed by atoms with Gasteiger partial charge in [0.05, 0.1) is 0 Å². The zero-order valence-corrected chi connectivity index (χ0v) is 2.89. The normalized spacial score (nSPS) is 0.255. The van der Waals surface area contributed by atoms with Crippen LogP contribution in [0.25, 0.3) is 0 Å². The Morgan fingerprint density at radius 3 is 0.0851 bits per heavy atom. The van der Waals surface area contributed by atoms with E-state index in [1.807, 2.05) is 0 Å². The SMILES string of the molecule is CO.CO.[NaH].[NaH].[NaH].[NaH].[NaH].[NaH].[NaH].[NaH].[NaH].[NaH].[NaH].[NaH].[NaH].[NaH].[NaH].[NaH].[NaH].[NaH].[NaH].[NaH].[NaH].[NaH].[NaH].[NaH].[NaH].[NaH].[NaH].[NaH].[NaH].[NaH].[NaH].[NaH].[NaH].[NaH].[NaH].[NaH].[NaH].[NaH].[NaH].[NaH].[NaH].[NaH].[NaH]. The van der Waals surface area contributed by atoms with Gasteiger partial charge in [0.25, 0.3) is 0 Å². The Labute approximate surface area is 1250 Å². The van der Waals surface area contributed by atoms with Gasteiger partial charge in [-0.05, 0) is 0 Å². The maximum atomic E-state index is 7.00. The van der Waals surface area contributed by atoms with Gasteiger partial charge < -0.3 is 10.2 Å². The van der Waals surface area contributed by atoms with Crippen molar-refractivity contribution in [1.29, 1.82) is 0 Å². The molecule has 0 amide bonds. The van der Waals surface area contributed by atoms with Gasteiger partial charge in [-0.15, -0.1) is 0 Å². The second-order valence-corrected chi connectivity index (χ2v) is 0. The van der Waals surface area contributed by atoms with Crippen LogP contribution < -0.4 is 0 Å². The number of hydrogen-bond donors (Lipinski definition) is 2. The Bertz CT molecular complexity index is 23.7. The monoisotopic (exact) mass is 1100 g/mol. The molecule has 0 atom stereocenters. The van der Waals surface area contributed by atoms with Gasteiger partial charge >= 0.3 is 1270 Å². The molecule has 0 fully saturated rings. The van der Waals surface area contributed by atoms with E-state index in [1.54, 1.807) is 0 Å². The summed E-state index contributed by atoms with van der Waals surface area (Å²) in [5.74, 6) is 0. The summed E-state index contributed by atoms with van der Waals surface area (Å²) < 4.78 is 0. The molecule has 0 unspecified atom stereocenters. The van der Waals surface area contributed by atoms with Crippen molar-refractivity contribution in [2.24, 2.45) is 0 Å². The predicted octanol–water partition coefficient (Wildman–Crippen LogP) is -28.7. The molecule has 45 heteroatoms. The van der Waals surface area contributed by atoms with Crippen LogP contribution in [0.2, 0.25) is 0 Å². The molecule has 0 aromatic heterocycles. The fourth-order valence-electron chi connectivity index (χ4n) is 0. The van der Waals surface area contributed by atoms with E-state index < -0.39 is 0 Å². The van der Waals surface area contributed by atoms with Crippen molar-refractivity contribution in [3.05, 3.63) is 0 Å². The summed E-state index contributed by atoms with van der Waals surface area (Å²) in [5, 5.41) is 14.0. The van der Waals surface area contributed by atoms with Crippen LogP contribution in [0, 0.1) is 0 Å². The van der Waals surface area contributed by atoms with Crippen molar-refractivity contribution < 1.29 is 10.2 Å². The van der Waals surface area contributed by atoms with Crippen molar-refractivity contribution in [1.82, 2.24) is 0 Å². The van der Waals surface area contributed by atoms with E-state index in [-0.39, 0.29) is 1270 Å². The van der Waals surface area contributed by atoms with Crippen LogP contribution in [-0.2, 0) is 0 Å². The molecule has 0 spiro atoms. The van der Waals surface area contributed by atoms with E-state index in [2.05, 4.69) is 0 Å². The number of aliphatic hydroxyl groups is 2. The van der Waals surface area contributed by atoms with Gasteiger partial charge in [0, 0.05) is 14.2 Å². The van der Waals surface area contributed by atoms with Gasteiger partial charge in [-0.1, -0.05) is 0 Å². The zero-order chi connectivity index (χ0) is 4.00. The van der Waals surface area contributed by atoms with Gasteiger partial charge in [-0.3, -0.25) is 0 Å². The van der Waals surface area contributed by atoms with Crippen molar-refractivity contribution >= 4 is 1270 Å². The van der Waals surface area contributed by atoms with E-state index in [4.69, 9.17) is 10.2 Å². The molecule has 2 nitrogen and oxygen atoms in total. The van der Waals surface area contributed by atoms with Crippen LogP contribution in [-0.4, -0.2) is 1300 Å². The third kappa shape index (κ3) is 365. The van der Waals surface area contributed by atoms with Crippen LogP contribution in [0.3, 0.4) is 0 Å². The third-order valence-electron chi connectivity index (χ3n) is 0. The topological polar surface area (TPSA) is 40.5 Å². The molecule has 2 N–H and O–H groups in total. The molecule has 0 aromatic carbocycles. The van der Waals surface area contributed by atoms with Crippen LogP contribution in [0.5, 0.6) is 0 Å². The molecule has 47 heavy (non-hydrogen) atoms.